The third-order valence-electron chi connectivity index (χ3n) is 4.51. The van der Waals surface area contributed by atoms with E-state index in [2.05, 4.69) is 4.74 Å². The molecule has 0 bridgehead atoms. The molecule has 0 radical (unpaired) electrons. The van der Waals surface area contributed by atoms with Crippen LogP contribution in [0.1, 0.15) is 22.3 Å². The summed E-state index contributed by atoms with van der Waals surface area (Å²) in [6.07, 6.45) is -0.798. The molecule has 1 unspecified atom stereocenters. The summed E-state index contributed by atoms with van der Waals surface area (Å²) in [4.78, 5) is 50.0. The van der Waals surface area contributed by atoms with Crippen LogP contribution in [-0.4, -0.2) is 36.2 Å². The second kappa shape index (κ2) is 8.30. The number of Topliss-reactive ketones (excluding diaryl/α,β-unsaturated/α-hetero) is 2. The number of methoxy groups -OCH3 is 1. The topological polar surface area (TPSA) is 110 Å². The molecule has 1 atom stereocenters. The predicted octanol–water partition coefficient (Wildman–Crippen LogP) is 2.38. The van der Waals surface area contributed by atoms with E-state index in [4.69, 9.17) is 27.9 Å². The Kier molecular flexibility index (Phi) is 5.96. The van der Waals surface area contributed by atoms with E-state index < -0.39 is 46.9 Å². The zero-order chi connectivity index (χ0) is 22.1. The van der Waals surface area contributed by atoms with Gasteiger partial charge in [-0.2, -0.15) is 0 Å². The Morgan fingerprint density at radius 3 is 1.97 bits per heavy atom. The number of benzene rings is 2. The molecule has 0 amide bonds. The van der Waals surface area contributed by atoms with E-state index >= 15 is 0 Å². The van der Waals surface area contributed by atoms with E-state index in [0.717, 1.165) is 7.11 Å². The van der Waals surface area contributed by atoms with Crippen LogP contribution in [0.15, 0.2) is 54.1 Å². The first-order chi connectivity index (χ1) is 14.2. The lowest BCUT2D eigenvalue weighted by Crippen LogP contribution is -2.44. The molecule has 7 nitrogen and oxygen atoms in total. The van der Waals surface area contributed by atoms with Gasteiger partial charge >= 0.3 is 11.9 Å². The normalized spacial score (nSPS) is 20.0. The van der Waals surface area contributed by atoms with Crippen molar-refractivity contribution in [3.05, 3.63) is 75.3 Å². The van der Waals surface area contributed by atoms with Gasteiger partial charge in [-0.1, -0.05) is 41.1 Å². The van der Waals surface area contributed by atoms with Crippen LogP contribution >= 0.6 is 23.2 Å². The molecule has 2 aromatic carbocycles. The maximum Gasteiger partial charge on any atom is 0.380 e. The first kappa shape index (κ1) is 21.5. The Morgan fingerprint density at radius 2 is 1.47 bits per heavy atom. The molecule has 2 aromatic rings. The van der Waals surface area contributed by atoms with Crippen molar-refractivity contribution in [1.82, 2.24) is 0 Å². The summed E-state index contributed by atoms with van der Waals surface area (Å²) >= 11 is 11.6. The van der Waals surface area contributed by atoms with E-state index in [-0.39, 0.29) is 11.1 Å². The van der Waals surface area contributed by atoms with Gasteiger partial charge in [-0.3, -0.25) is 9.59 Å². The van der Waals surface area contributed by atoms with Crippen LogP contribution in [0, 0.1) is 0 Å². The van der Waals surface area contributed by atoms with Crippen LogP contribution in [-0.2, 0) is 23.9 Å². The predicted molar refractivity (Wildman–Crippen MR) is 105 cm³/mol. The lowest BCUT2D eigenvalue weighted by molar-refractivity contribution is -0.246. The van der Waals surface area contributed by atoms with Crippen LogP contribution in [0.5, 0.6) is 0 Å². The van der Waals surface area contributed by atoms with Gasteiger partial charge in [0.2, 0.25) is 5.60 Å². The summed E-state index contributed by atoms with van der Waals surface area (Å²) in [5.74, 6) is -5.58. The van der Waals surface area contributed by atoms with E-state index in [1.54, 1.807) is 0 Å². The van der Waals surface area contributed by atoms with Gasteiger partial charge in [-0.05, 0) is 42.0 Å². The molecule has 154 valence electrons. The van der Waals surface area contributed by atoms with Crippen LogP contribution in [0.25, 0.3) is 5.76 Å². The minimum absolute atomic E-state index is 0.0201. The van der Waals surface area contributed by atoms with Gasteiger partial charge in [0.25, 0.3) is 5.78 Å². The number of ketones is 2. The number of hydrogen-bond acceptors (Lipinski definition) is 7. The Balaban J connectivity index is 2.15. The summed E-state index contributed by atoms with van der Waals surface area (Å²) in [6, 6.07) is 11.1. The number of carbonyl (C=O) groups excluding carboxylic acids is 4. The van der Waals surface area contributed by atoms with Crippen molar-refractivity contribution in [3.63, 3.8) is 0 Å². The Bertz CT molecular complexity index is 1070. The first-order valence-electron chi connectivity index (χ1n) is 8.52. The highest BCUT2D eigenvalue weighted by Crippen LogP contribution is 2.39. The fraction of sp³-hybridized carbons (Fsp3) is 0.143. The van der Waals surface area contributed by atoms with Gasteiger partial charge in [-0.25, -0.2) is 9.59 Å². The second-order valence-corrected chi connectivity index (χ2v) is 7.23. The highest BCUT2D eigenvalue weighted by Gasteiger charge is 2.59. The largest absolute Gasteiger partial charge is 0.872 e. The molecule has 9 heteroatoms. The number of halogens is 2. The standard InChI is InChI=1S/C21H14Cl2O7/c1-29-20(28)21(10-15(24)11-2-6-13(22)7-3-11)16(18(26)19(27)30-21)17(25)12-4-8-14(23)9-5-12/h2-9,25H,10H2,1H3/p-1. The SMILES string of the molecule is COC(=O)C1(CC(=O)c2ccc(Cl)cc2)OC(=O)C(=O)C1=C([O-])c1ccc(Cl)cc1. The number of esters is 2. The van der Waals surface area contributed by atoms with Crippen LogP contribution in [0.4, 0.5) is 0 Å². The van der Waals surface area contributed by atoms with E-state index in [0.29, 0.717) is 10.0 Å². The van der Waals surface area contributed by atoms with Gasteiger partial charge in [0.15, 0.2) is 5.78 Å². The summed E-state index contributed by atoms with van der Waals surface area (Å²) in [6.45, 7) is 0. The molecule has 1 aliphatic rings. The summed E-state index contributed by atoms with van der Waals surface area (Å²) in [5.41, 5.74) is -3.18. The Hall–Kier alpha value is -3.16. The number of ether oxygens (including phenoxy) is 2. The van der Waals surface area contributed by atoms with Crippen LogP contribution < -0.4 is 5.11 Å². The highest BCUT2D eigenvalue weighted by molar-refractivity contribution is 6.46. The minimum Gasteiger partial charge on any atom is -0.872 e. The molecule has 0 aromatic heterocycles. The van der Waals surface area contributed by atoms with Crippen molar-refractivity contribution in [2.75, 3.05) is 7.11 Å². The molecule has 0 aliphatic carbocycles. The first-order valence-corrected chi connectivity index (χ1v) is 9.27. The third-order valence-corrected chi connectivity index (χ3v) is 5.01. The maximum atomic E-state index is 13.0. The van der Waals surface area contributed by atoms with Gasteiger partial charge < -0.3 is 14.6 Å². The molecule has 0 spiro atoms. The molecular formula is C21H13Cl2O7-. The summed E-state index contributed by atoms with van der Waals surface area (Å²) in [5, 5.41) is 13.8. The van der Waals surface area contributed by atoms with E-state index in [1.165, 1.54) is 48.5 Å². The lowest BCUT2D eigenvalue weighted by Gasteiger charge is -2.28. The Morgan fingerprint density at radius 1 is 0.967 bits per heavy atom. The van der Waals surface area contributed by atoms with Gasteiger partial charge in [0, 0.05) is 15.6 Å². The van der Waals surface area contributed by atoms with Crippen molar-refractivity contribution >= 4 is 52.5 Å². The van der Waals surface area contributed by atoms with Gasteiger partial charge in [0.1, 0.15) is 0 Å². The van der Waals surface area contributed by atoms with Gasteiger partial charge in [0.05, 0.1) is 19.1 Å². The summed E-state index contributed by atoms with van der Waals surface area (Å²) < 4.78 is 9.70. The number of rotatable bonds is 5. The fourth-order valence-corrected chi connectivity index (χ4v) is 3.29. The maximum absolute atomic E-state index is 13.0. The molecule has 30 heavy (non-hydrogen) atoms. The minimum atomic E-state index is -2.50. The molecule has 3 rings (SSSR count). The van der Waals surface area contributed by atoms with Gasteiger partial charge in [-0.15, -0.1) is 0 Å². The molecule has 0 N–H and O–H groups in total. The quantitative estimate of drug-likeness (QED) is 0.227. The molecule has 0 saturated carbocycles. The summed E-state index contributed by atoms with van der Waals surface area (Å²) in [7, 11) is 0.984. The Labute approximate surface area is 180 Å². The fourth-order valence-electron chi connectivity index (χ4n) is 3.04. The van der Waals surface area contributed by atoms with Crippen molar-refractivity contribution in [2.45, 2.75) is 12.0 Å². The van der Waals surface area contributed by atoms with E-state index in [9.17, 15) is 24.3 Å². The van der Waals surface area contributed by atoms with Crippen LogP contribution in [0.2, 0.25) is 10.0 Å². The van der Waals surface area contributed by atoms with Crippen molar-refractivity contribution in [2.24, 2.45) is 0 Å². The second-order valence-electron chi connectivity index (χ2n) is 6.36. The molecule has 1 aliphatic heterocycles. The molecule has 1 saturated heterocycles. The van der Waals surface area contributed by atoms with Crippen molar-refractivity contribution in [1.29, 1.82) is 0 Å². The lowest BCUT2D eigenvalue weighted by atomic mass is 9.84. The molecule has 1 heterocycles. The van der Waals surface area contributed by atoms with Crippen molar-refractivity contribution < 1.29 is 33.8 Å². The zero-order valence-corrected chi connectivity index (χ0v) is 17.0. The smallest absolute Gasteiger partial charge is 0.380 e. The van der Waals surface area contributed by atoms with Crippen molar-refractivity contribution in [3.8, 4) is 0 Å². The molecular weight excluding hydrogens is 435 g/mol. The van der Waals surface area contributed by atoms with E-state index in [1.807, 2.05) is 0 Å². The zero-order valence-electron chi connectivity index (χ0n) is 15.4. The van der Waals surface area contributed by atoms with Crippen LogP contribution in [0.3, 0.4) is 0 Å². The number of carbonyl (C=O) groups is 4. The average Bonchev–Trinajstić information content (AvgIpc) is 2.98. The number of hydrogen-bond donors (Lipinski definition) is 0. The highest BCUT2D eigenvalue weighted by atomic mass is 35.5. The number of cyclic esters (lactones) is 1. The molecule has 1 fully saturated rings. The third kappa shape index (κ3) is 3.81. The average molecular weight is 448 g/mol. The monoisotopic (exact) mass is 447 g/mol.